The molecule has 0 saturated heterocycles. The van der Waals surface area contributed by atoms with Crippen molar-refractivity contribution in [2.24, 2.45) is 34.6 Å². The Hall–Kier alpha value is -1.72. The summed E-state index contributed by atoms with van der Waals surface area (Å²) in [6.45, 7) is 2.05. The van der Waals surface area contributed by atoms with Crippen LogP contribution in [0.2, 0.25) is 0 Å². The van der Waals surface area contributed by atoms with Gasteiger partial charge in [0.2, 0.25) is 0 Å². The van der Waals surface area contributed by atoms with Gasteiger partial charge in [0.1, 0.15) is 23.8 Å². The number of aromatic nitrogens is 2. The molecule has 0 aliphatic carbocycles. The Bertz CT molecular complexity index is 1320. The van der Waals surface area contributed by atoms with E-state index >= 15 is 0 Å². The van der Waals surface area contributed by atoms with Gasteiger partial charge in [-0.2, -0.15) is 0 Å². The van der Waals surface area contributed by atoms with Crippen LogP contribution in [-0.2, 0) is 24.9 Å². The van der Waals surface area contributed by atoms with E-state index in [1.54, 1.807) is 22.7 Å². The second-order valence-electron chi connectivity index (χ2n) is 9.54. The SMILES string of the molecule is CN(CCCCCN(C)c1ccc(N=Nc2scc[n+]2C)cc1)c1ccc(N=Nc2scc[n+]2C)cc1.[Cl][Zn-2]([Cl])([Cl])[Cl]. The molecule has 4 rings (SSSR count). The summed E-state index contributed by atoms with van der Waals surface area (Å²) >= 11 is 3.15. The number of nitrogens with zero attached hydrogens (tertiary/aromatic N) is 8. The molecule has 0 fully saturated rings. The minimum absolute atomic E-state index is 0.862. The molecule has 0 N–H and O–H groups in total. The Labute approximate surface area is 274 Å². The third-order valence-corrected chi connectivity index (χ3v) is 7.77. The first-order valence-corrected chi connectivity index (χ1v) is 30.7. The average Bonchev–Trinajstić information content (AvgIpc) is 3.56. The summed E-state index contributed by atoms with van der Waals surface area (Å²) < 4.78 is 3.93. The number of anilines is 2. The summed E-state index contributed by atoms with van der Waals surface area (Å²) in [4.78, 5) is 4.60. The monoisotopic (exact) mass is 738 g/mol. The second-order valence-corrected chi connectivity index (χ2v) is 39.0. The van der Waals surface area contributed by atoms with Crippen molar-refractivity contribution in [1.29, 1.82) is 0 Å². The van der Waals surface area contributed by atoms with Crippen LogP contribution < -0.4 is 18.9 Å². The third-order valence-electron chi connectivity index (χ3n) is 6.09. The summed E-state index contributed by atoms with van der Waals surface area (Å²) in [5.74, 6) is 0. The number of hydrogen-bond donors (Lipinski definition) is 0. The summed E-state index contributed by atoms with van der Waals surface area (Å²) in [6.07, 6.45) is 7.45. The fourth-order valence-electron chi connectivity index (χ4n) is 3.73. The van der Waals surface area contributed by atoms with E-state index in [1.165, 1.54) is 17.8 Å². The normalized spacial score (nSPS) is 11.6. The van der Waals surface area contributed by atoms with E-state index in [0.717, 1.165) is 47.6 Å². The first-order chi connectivity index (χ1) is 20.0. The zero-order valence-corrected chi connectivity index (χ0v) is 31.7. The number of benzene rings is 2. The molecule has 42 heavy (non-hydrogen) atoms. The summed E-state index contributed by atoms with van der Waals surface area (Å²) in [6, 6.07) is 16.5. The molecule has 0 bridgehead atoms. The van der Waals surface area contributed by atoms with Gasteiger partial charge in [0.15, 0.2) is 0 Å². The predicted molar refractivity (Wildman–Crippen MR) is 176 cm³/mol. The van der Waals surface area contributed by atoms with Crippen LogP contribution in [0, 0.1) is 0 Å². The van der Waals surface area contributed by atoms with E-state index in [-0.39, 0.29) is 0 Å². The van der Waals surface area contributed by atoms with Gasteiger partial charge in [-0.15, -0.1) is 0 Å². The summed E-state index contributed by atoms with van der Waals surface area (Å²) in [7, 11) is 25.1. The van der Waals surface area contributed by atoms with Gasteiger partial charge in [0.25, 0.3) is 0 Å². The molecule has 4 aromatic rings. The molecule has 0 saturated carbocycles. The zero-order chi connectivity index (χ0) is 30.5. The van der Waals surface area contributed by atoms with Gasteiger partial charge in [0, 0.05) is 49.3 Å². The molecule has 0 aliphatic heterocycles. The molecule has 224 valence electrons. The molecular weight excluding hydrogens is 708 g/mol. The molecular formula is C27H34Cl4N8S2Zn. The van der Waals surface area contributed by atoms with Crippen LogP contribution >= 0.6 is 61.4 Å². The van der Waals surface area contributed by atoms with E-state index < -0.39 is 10.8 Å². The summed E-state index contributed by atoms with van der Waals surface area (Å²) in [5.41, 5.74) is 4.12. The quantitative estimate of drug-likeness (QED) is 0.0629. The molecule has 0 radical (unpaired) electrons. The van der Waals surface area contributed by atoms with E-state index in [1.807, 2.05) is 70.6 Å². The molecule has 8 nitrogen and oxygen atoms in total. The van der Waals surface area contributed by atoms with Crippen molar-refractivity contribution in [3.8, 4) is 0 Å². The molecule has 0 amide bonds. The van der Waals surface area contributed by atoms with Gasteiger partial charge in [-0.1, -0.05) is 0 Å². The number of unbranched alkanes of at least 4 members (excludes halogenated alkanes) is 2. The number of hydrogen-bond acceptors (Lipinski definition) is 8. The van der Waals surface area contributed by atoms with Crippen LogP contribution in [-0.4, -0.2) is 27.2 Å². The maximum absolute atomic E-state index is 5.05. The van der Waals surface area contributed by atoms with E-state index in [2.05, 4.69) is 68.6 Å². The molecule has 0 unspecified atom stereocenters. The Morgan fingerprint density at radius 2 is 0.976 bits per heavy atom. The van der Waals surface area contributed by atoms with Crippen molar-refractivity contribution in [2.45, 2.75) is 19.3 Å². The molecule has 2 heterocycles. The Morgan fingerprint density at radius 1 is 0.619 bits per heavy atom. The van der Waals surface area contributed by atoms with E-state index in [9.17, 15) is 0 Å². The van der Waals surface area contributed by atoms with Crippen LogP contribution in [0.4, 0.5) is 33.0 Å². The molecule has 0 atom stereocenters. The number of halogens is 4. The number of thiazole rings is 2. The molecule has 0 spiro atoms. The van der Waals surface area contributed by atoms with Crippen molar-refractivity contribution < 1.29 is 19.9 Å². The van der Waals surface area contributed by atoms with Crippen molar-refractivity contribution in [3.05, 3.63) is 71.7 Å². The van der Waals surface area contributed by atoms with Crippen LogP contribution in [0.25, 0.3) is 0 Å². The van der Waals surface area contributed by atoms with Gasteiger partial charge in [-0.25, -0.2) is 9.13 Å². The van der Waals surface area contributed by atoms with Gasteiger partial charge in [0.05, 0.1) is 24.3 Å². The Balaban J connectivity index is 0.000000892. The summed E-state index contributed by atoms with van der Waals surface area (Å²) in [5, 5.41) is 23.1. The molecule has 2 aromatic heterocycles. The van der Waals surface area contributed by atoms with Crippen molar-refractivity contribution in [2.75, 3.05) is 37.0 Å². The van der Waals surface area contributed by atoms with Gasteiger partial charge < -0.3 is 9.80 Å². The van der Waals surface area contributed by atoms with E-state index in [0.29, 0.717) is 0 Å². The molecule has 0 aliphatic rings. The maximum atomic E-state index is 5.05. The van der Waals surface area contributed by atoms with Crippen LogP contribution in [0.5, 0.6) is 0 Å². The van der Waals surface area contributed by atoms with Crippen molar-refractivity contribution >= 4 is 94.5 Å². The zero-order valence-electron chi connectivity index (χ0n) is 24.1. The third kappa shape index (κ3) is 12.9. The number of aryl methyl sites for hydroxylation is 2. The van der Waals surface area contributed by atoms with Crippen LogP contribution in [0.3, 0.4) is 0 Å². The van der Waals surface area contributed by atoms with Crippen LogP contribution in [0.1, 0.15) is 19.3 Å². The fraction of sp³-hybridized carbons (Fsp3) is 0.333. The van der Waals surface area contributed by atoms with Gasteiger partial charge in [-0.05, 0) is 101 Å². The van der Waals surface area contributed by atoms with Gasteiger partial charge >= 0.3 is 59.8 Å². The van der Waals surface area contributed by atoms with Gasteiger partial charge in [-0.3, -0.25) is 0 Å². The fourth-order valence-corrected chi connectivity index (χ4v) is 5.09. The van der Waals surface area contributed by atoms with Crippen LogP contribution in [0.15, 0.2) is 92.1 Å². The van der Waals surface area contributed by atoms with Crippen molar-refractivity contribution in [3.63, 3.8) is 0 Å². The standard InChI is InChI=1S/C27H34N8S2.4ClH.Zn/c1-32(24-12-8-22(9-13-24)28-30-26-34(3)18-20-36-26)16-6-5-7-17-33(2)25-14-10-23(11-15-25)29-31-27-35(4)19-21-37-27;;;;;/h8-15,18-21H,5-7,16-17H2,1-4H3;4*1H;/q+2;;;;;+2/p-4. The topological polar surface area (TPSA) is 63.7 Å². The van der Waals surface area contributed by atoms with E-state index in [4.69, 9.17) is 38.8 Å². The minimum atomic E-state index is -3.36. The first-order valence-electron chi connectivity index (χ1n) is 13.4. The Morgan fingerprint density at radius 3 is 1.29 bits per heavy atom. The average molecular weight is 742 g/mol. The first kappa shape index (κ1) is 34.8. The number of rotatable bonds is 12. The second kappa shape index (κ2) is 17.5. The predicted octanol–water partition coefficient (Wildman–Crippen LogP) is 9.79. The Kier molecular flexibility index (Phi) is 14.5. The molecule has 15 heteroatoms. The number of azo groups is 2. The van der Waals surface area contributed by atoms with Crippen molar-refractivity contribution in [1.82, 2.24) is 0 Å². The molecule has 2 aromatic carbocycles.